The molecule has 0 saturated heterocycles. The molecule has 1 unspecified atom stereocenters. The van der Waals surface area contributed by atoms with E-state index < -0.39 is 17.6 Å². The van der Waals surface area contributed by atoms with Crippen LogP contribution in [-0.2, 0) is 11.2 Å². The first-order chi connectivity index (χ1) is 15.0. The Morgan fingerprint density at radius 1 is 1.19 bits per heavy atom. The van der Waals surface area contributed by atoms with E-state index in [1.807, 2.05) is 0 Å². The van der Waals surface area contributed by atoms with Crippen LogP contribution in [0.15, 0.2) is 55.0 Å². The number of aromatic amines is 2. The van der Waals surface area contributed by atoms with Crippen molar-refractivity contribution < 1.29 is 13.6 Å². The van der Waals surface area contributed by atoms with E-state index in [2.05, 4.69) is 30.7 Å². The summed E-state index contributed by atoms with van der Waals surface area (Å²) in [4.78, 5) is 16.7. The molecule has 0 aliphatic rings. The molecule has 0 saturated carbocycles. The number of amides is 1. The molecule has 1 amide bonds. The number of anilines is 1. The maximum absolute atomic E-state index is 14.9. The van der Waals surface area contributed by atoms with Gasteiger partial charge in [0.05, 0.1) is 11.9 Å². The molecule has 0 radical (unpaired) electrons. The number of aromatic nitrogens is 5. The van der Waals surface area contributed by atoms with Crippen molar-refractivity contribution in [2.75, 3.05) is 11.9 Å². The summed E-state index contributed by atoms with van der Waals surface area (Å²) < 4.78 is 28.4. The van der Waals surface area contributed by atoms with Crippen molar-refractivity contribution in [3.63, 3.8) is 0 Å². The Hall–Kier alpha value is -4.08. The lowest BCUT2D eigenvalue weighted by atomic mass is 9.94. The Labute approximate surface area is 175 Å². The van der Waals surface area contributed by atoms with E-state index in [4.69, 9.17) is 5.73 Å². The Morgan fingerprint density at radius 2 is 2.06 bits per heavy atom. The molecule has 0 fully saturated rings. The number of nitrogens with one attached hydrogen (secondary N) is 3. The van der Waals surface area contributed by atoms with E-state index in [9.17, 15) is 13.6 Å². The van der Waals surface area contributed by atoms with Crippen molar-refractivity contribution in [2.45, 2.75) is 12.3 Å². The van der Waals surface area contributed by atoms with Gasteiger partial charge in [0.2, 0.25) is 5.91 Å². The largest absolute Gasteiger partial charge is 0.369 e. The Balaban J connectivity index is 1.70. The van der Waals surface area contributed by atoms with Crippen LogP contribution in [0.4, 0.5) is 14.6 Å². The second-order valence-corrected chi connectivity index (χ2v) is 6.88. The molecule has 4 rings (SSSR count). The number of primary amides is 1. The van der Waals surface area contributed by atoms with Gasteiger partial charge >= 0.3 is 0 Å². The number of hydrogen-bond acceptors (Lipinski definition) is 5. The Morgan fingerprint density at radius 3 is 2.74 bits per heavy atom. The lowest BCUT2D eigenvalue weighted by molar-refractivity contribution is -0.118. The number of rotatable bonds is 8. The van der Waals surface area contributed by atoms with Crippen LogP contribution in [0.3, 0.4) is 0 Å². The third-order valence-corrected chi connectivity index (χ3v) is 4.79. The first-order valence-corrected chi connectivity index (χ1v) is 9.50. The predicted molar refractivity (Wildman–Crippen MR) is 110 cm³/mol. The summed E-state index contributed by atoms with van der Waals surface area (Å²) in [5.41, 5.74) is 7.52. The number of nitrogens with zero attached hydrogens (tertiary/aromatic N) is 3. The van der Waals surface area contributed by atoms with Gasteiger partial charge in [-0.3, -0.25) is 15.0 Å². The molecule has 3 aromatic heterocycles. The van der Waals surface area contributed by atoms with Gasteiger partial charge in [0.25, 0.3) is 0 Å². The quantitative estimate of drug-likeness (QED) is 0.347. The number of benzene rings is 1. The Kier molecular flexibility index (Phi) is 5.69. The summed E-state index contributed by atoms with van der Waals surface area (Å²) in [5, 5.41) is 16.3. The summed E-state index contributed by atoms with van der Waals surface area (Å²) in [5.74, 6) is -2.39. The summed E-state index contributed by atoms with van der Waals surface area (Å²) in [6.45, 7) is 0.367. The van der Waals surface area contributed by atoms with E-state index in [0.29, 0.717) is 24.2 Å². The smallest absolute Gasteiger partial charge is 0.231 e. The van der Waals surface area contributed by atoms with Crippen LogP contribution in [0, 0.1) is 11.6 Å². The molecule has 8 nitrogen and oxygen atoms in total. The highest BCUT2D eigenvalue weighted by molar-refractivity contribution is 5.87. The summed E-state index contributed by atoms with van der Waals surface area (Å²) in [6.07, 6.45) is 4.99. The van der Waals surface area contributed by atoms with Gasteiger partial charge in [-0.05, 0) is 36.2 Å². The van der Waals surface area contributed by atoms with Gasteiger partial charge in [0, 0.05) is 30.1 Å². The second-order valence-electron chi connectivity index (χ2n) is 6.88. The molecule has 1 atom stereocenters. The maximum Gasteiger partial charge on any atom is 0.231 e. The summed E-state index contributed by atoms with van der Waals surface area (Å²) in [7, 11) is 0. The molecule has 0 aliphatic carbocycles. The van der Waals surface area contributed by atoms with E-state index in [1.165, 1.54) is 30.6 Å². The number of pyridine rings is 1. The number of carbonyl (C=O) groups is 1. The Bertz CT molecular complexity index is 1180. The van der Waals surface area contributed by atoms with E-state index in [0.717, 1.165) is 5.56 Å². The van der Waals surface area contributed by atoms with Gasteiger partial charge in [-0.15, -0.1) is 0 Å². The molecule has 1 aromatic carbocycles. The molecule has 31 heavy (non-hydrogen) atoms. The average Bonchev–Trinajstić information content (AvgIpc) is 3.44. The zero-order valence-corrected chi connectivity index (χ0v) is 16.3. The number of hydrogen-bond donors (Lipinski definition) is 4. The van der Waals surface area contributed by atoms with Crippen molar-refractivity contribution in [1.82, 2.24) is 25.4 Å². The number of halogens is 2. The summed E-state index contributed by atoms with van der Waals surface area (Å²) >= 11 is 0. The summed E-state index contributed by atoms with van der Waals surface area (Å²) in [6, 6.07) is 9.06. The van der Waals surface area contributed by atoms with Gasteiger partial charge in [-0.2, -0.15) is 10.2 Å². The molecular weight excluding hydrogens is 404 g/mol. The van der Waals surface area contributed by atoms with Crippen LogP contribution in [0.25, 0.3) is 11.3 Å². The van der Waals surface area contributed by atoms with Crippen molar-refractivity contribution in [2.24, 2.45) is 5.73 Å². The van der Waals surface area contributed by atoms with Gasteiger partial charge in [-0.1, -0.05) is 12.1 Å². The minimum absolute atomic E-state index is 0.0657. The molecule has 0 aliphatic heterocycles. The normalized spacial score (nSPS) is 11.9. The van der Waals surface area contributed by atoms with Gasteiger partial charge < -0.3 is 11.1 Å². The van der Waals surface area contributed by atoms with Crippen LogP contribution in [-0.4, -0.2) is 37.8 Å². The fourth-order valence-electron chi connectivity index (χ4n) is 3.36. The fraction of sp³-hybridized carbons (Fsp3) is 0.143. The molecule has 10 heteroatoms. The lowest BCUT2D eigenvalue weighted by Crippen LogP contribution is -2.25. The first kappa shape index (κ1) is 20.2. The fourth-order valence-corrected chi connectivity index (χ4v) is 3.36. The molecular formula is C21H19F2N7O. The van der Waals surface area contributed by atoms with Gasteiger partial charge in [0.1, 0.15) is 29.1 Å². The van der Waals surface area contributed by atoms with E-state index in [-0.39, 0.29) is 22.9 Å². The van der Waals surface area contributed by atoms with Crippen molar-refractivity contribution in [1.29, 1.82) is 0 Å². The van der Waals surface area contributed by atoms with Gasteiger partial charge in [0.15, 0.2) is 0 Å². The predicted octanol–water partition coefficient (Wildman–Crippen LogP) is 2.74. The minimum atomic E-state index is -1.01. The number of H-pyrrole nitrogens is 2. The third kappa shape index (κ3) is 4.42. The molecule has 3 heterocycles. The van der Waals surface area contributed by atoms with E-state index >= 15 is 0 Å². The van der Waals surface area contributed by atoms with Crippen molar-refractivity contribution >= 4 is 11.7 Å². The molecule has 158 valence electrons. The highest BCUT2D eigenvalue weighted by atomic mass is 19.1. The van der Waals surface area contributed by atoms with Crippen molar-refractivity contribution in [3.05, 3.63) is 83.4 Å². The zero-order valence-electron chi connectivity index (χ0n) is 16.3. The zero-order chi connectivity index (χ0) is 21.8. The van der Waals surface area contributed by atoms with Crippen LogP contribution < -0.4 is 11.1 Å². The standard InChI is InChI=1S/C21H19F2N7O/c22-14-3-1-2-12(8-14)4-6-25-21-15(18(20(24)31)17-5-7-26-30-17)9-16(23)19(29-21)13-10-27-28-11-13/h1-3,5,7-11,18H,4,6H2,(H2,24,31)(H,25,29)(H,26,30)(H,27,28). The lowest BCUT2D eigenvalue weighted by Gasteiger charge is -2.18. The molecule has 4 aromatic rings. The molecule has 0 spiro atoms. The number of carbonyl (C=O) groups excluding carboxylic acids is 1. The first-order valence-electron chi connectivity index (χ1n) is 9.50. The average molecular weight is 423 g/mol. The van der Waals surface area contributed by atoms with Crippen LogP contribution in [0.2, 0.25) is 0 Å². The van der Waals surface area contributed by atoms with E-state index in [1.54, 1.807) is 24.4 Å². The number of nitrogens with two attached hydrogens (primary N) is 1. The monoisotopic (exact) mass is 423 g/mol. The van der Waals surface area contributed by atoms with Crippen LogP contribution >= 0.6 is 0 Å². The maximum atomic E-state index is 14.9. The molecule has 0 bridgehead atoms. The third-order valence-electron chi connectivity index (χ3n) is 4.79. The topological polar surface area (TPSA) is 125 Å². The highest BCUT2D eigenvalue weighted by Crippen LogP contribution is 2.32. The second kappa shape index (κ2) is 8.74. The minimum Gasteiger partial charge on any atom is -0.369 e. The van der Waals surface area contributed by atoms with Crippen molar-refractivity contribution in [3.8, 4) is 11.3 Å². The SMILES string of the molecule is NC(=O)C(c1cc[nH]n1)c1cc(F)c(-c2cn[nH]c2)nc1NCCc1cccc(F)c1. The van der Waals surface area contributed by atoms with Crippen LogP contribution in [0.1, 0.15) is 22.7 Å². The van der Waals surface area contributed by atoms with Crippen LogP contribution in [0.5, 0.6) is 0 Å². The molecule has 5 N–H and O–H groups in total. The van der Waals surface area contributed by atoms with Gasteiger partial charge in [-0.25, -0.2) is 13.8 Å². The highest BCUT2D eigenvalue weighted by Gasteiger charge is 2.28.